The molecule has 0 radical (unpaired) electrons. The van der Waals surface area contributed by atoms with Crippen LogP contribution in [0.5, 0.6) is 5.88 Å². The van der Waals surface area contributed by atoms with Gasteiger partial charge in [-0.05, 0) is 62.1 Å². The molecule has 218 valence electrons. The Morgan fingerprint density at radius 3 is 2.40 bits per heavy atom. The number of rotatable bonds is 9. The standard InChI is InChI=1S/C29H39F3N6OS/c1-18-7-28(39-3)34-12-21(18)14-37-24-10-25(37)26(38(17-24)40-4)8-19(2)35-15-22-9-23(16-35)36(22)13-20-5-6-27(33-11-20)29(30,31)32/h5-7,11-12,19,22-26H,8-10,13-17H2,1-4H3. The second-order valence-corrected chi connectivity index (χ2v) is 12.8. The van der Waals surface area contributed by atoms with E-state index in [0.29, 0.717) is 48.7 Å². The van der Waals surface area contributed by atoms with Crippen LogP contribution >= 0.6 is 11.9 Å². The highest BCUT2D eigenvalue weighted by Gasteiger charge is 2.52. The van der Waals surface area contributed by atoms with Gasteiger partial charge in [-0.3, -0.25) is 19.7 Å². The highest BCUT2D eigenvalue weighted by Crippen LogP contribution is 2.43. The highest BCUT2D eigenvalue weighted by atomic mass is 32.2. The van der Waals surface area contributed by atoms with Crippen molar-refractivity contribution in [1.82, 2.24) is 29.0 Å². The number of hydrogen-bond acceptors (Lipinski definition) is 8. The Labute approximate surface area is 239 Å². The zero-order valence-corrected chi connectivity index (χ0v) is 24.5. The Morgan fingerprint density at radius 1 is 1.02 bits per heavy atom. The van der Waals surface area contributed by atoms with Gasteiger partial charge in [0.1, 0.15) is 5.69 Å². The van der Waals surface area contributed by atoms with E-state index < -0.39 is 11.9 Å². The number of piperazine rings is 2. The molecule has 8 rings (SSSR count). The largest absolute Gasteiger partial charge is 0.481 e. The lowest BCUT2D eigenvalue weighted by Gasteiger charge is -2.61. The number of alkyl halides is 3. The quantitative estimate of drug-likeness (QED) is 0.406. The highest BCUT2D eigenvalue weighted by molar-refractivity contribution is 7.96. The van der Waals surface area contributed by atoms with Crippen molar-refractivity contribution in [1.29, 1.82) is 0 Å². The molecule has 0 saturated carbocycles. The van der Waals surface area contributed by atoms with Gasteiger partial charge in [-0.15, -0.1) is 0 Å². The van der Waals surface area contributed by atoms with E-state index in [0.717, 1.165) is 44.2 Å². The van der Waals surface area contributed by atoms with Crippen LogP contribution in [0.2, 0.25) is 0 Å². The summed E-state index contributed by atoms with van der Waals surface area (Å²) in [5.74, 6) is 0.666. The molecule has 6 aliphatic rings. The Hall–Kier alpha value is -1.92. The molecular weight excluding hydrogens is 537 g/mol. The average molecular weight is 577 g/mol. The molecule has 2 aromatic heterocycles. The van der Waals surface area contributed by atoms with Gasteiger partial charge in [0.05, 0.1) is 7.11 Å². The summed E-state index contributed by atoms with van der Waals surface area (Å²) in [7, 11) is 1.66. The van der Waals surface area contributed by atoms with E-state index >= 15 is 0 Å². The summed E-state index contributed by atoms with van der Waals surface area (Å²) in [4.78, 5) is 15.9. The number of aryl methyl sites for hydroxylation is 1. The monoisotopic (exact) mass is 576 g/mol. The maximum atomic E-state index is 12.9. The van der Waals surface area contributed by atoms with Crippen molar-refractivity contribution in [2.24, 2.45) is 0 Å². The zero-order chi connectivity index (χ0) is 28.2. The number of fused-ring (bicyclic) bond motifs is 4. The molecule has 6 fully saturated rings. The summed E-state index contributed by atoms with van der Waals surface area (Å²) < 4.78 is 46.5. The van der Waals surface area contributed by atoms with Crippen LogP contribution in [0.25, 0.3) is 0 Å². The number of methoxy groups -OCH3 is 1. The van der Waals surface area contributed by atoms with E-state index in [1.54, 1.807) is 13.2 Å². The fourth-order valence-corrected chi connectivity index (χ4v) is 8.09. The Kier molecular flexibility index (Phi) is 7.80. The molecule has 11 heteroatoms. The number of halogens is 3. The van der Waals surface area contributed by atoms with Gasteiger partial charge in [0, 0.05) is 87.4 Å². The maximum Gasteiger partial charge on any atom is 0.433 e. The van der Waals surface area contributed by atoms with Crippen molar-refractivity contribution in [3.63, 3.8) is 0 Å². The Morgan fingerprint density at radius 2 is 1.77 bits per heavy atom. The van der Waals surface area contributed by atoms with Gasteiger partial charge in [0.25, 0.3) is 0 Å². The van der Waals surface area contributed by atoms with Gasteiger partial charge in [-0.25, -0.2) is 9.29 Å². The third-order valence-electron chi connectivity index (χ3n) is 9.66. The molecule has 0 N–H and O–H groups in total. The normalized spacial score (nSPS) is 30.0. The first kappa shape index (κ1) is 28.2. The van der Waals surface area contributed by atoms with Gasteiger partial charge < -0.3 is 4.74 Å². The lowest BCUT2D eigenvalue weighted by atomic mass is 9.79. The first-order valence-corrected chi connectivity index (χ1v) is 15.4. The number of aromatic nitrogens is 2. The second-order valence-electron chi connectivity index (χ2n) is 11.9. The molecule has 0 amide bonds. The number of piperidine rings is 2. The van der Waals surface area contributed by atoms with E-state index in [4.69, 9.17) is 4.74 Å². The van der Waals surface area contributed by atoms with Gasteiger partial charge in [0.15, 0.2) is 0 Å². The Balaban J connectivity index is 1.05. The third-order valence-corrected chi connectivity index (χ3v) is 10.6. The molecule has 6 unspecified atom stereocenters. The minimum atomic E-state index is -4.39. The summed E-state index contributed by atoms with van der Waals surface area (Å²) in [6.07, 6.45) is 4.74. The van der Waals surface area contributed by atoms with Crippen molar-refractivity contribution in [3.8, 4) is 5.88 Å². The lowest BCUT2D eigenvalue weighted by Crippen LogP contribution is -2.72. The average Bonchev–Trinajstić information content (AvgIpc) is 2.94. The molecule has 0 aromatic carbocycles. The van der Waals surface area contributed by atoms with E-state index in [1.807, 2.05) is 24.2 Å². The number of hydrogen-bond donors (Lipinski definition) is 0. The SMILES string of the molecule is COc1cc(C)c(CN2C3CC2C(CC(C)N2CC4CC(C2)N4Cc2ccc(C(F)(F)F)nc2)N(SC)C3)cn1. The predicted octanol–water partition coefficient (Wildman–Crippen LogP) is 4.45. The molecule has 6 saturated heterocycles. The smallest absolute Gasteiger partial charge is 0.433 e. The molecule has 4 bridgehead atoms. The molecule has 2 aromatic rings. The molecule has 7 nitrogen and oxygen atoms in total. The fourth-order valence-electron chi connectivity index (χ4n) is 7.27. The van der Waals surface area contributed by atoms with E-state index in [1.165, 1.54) is 30.2 Å². The maximum absolute atomic E-state index is 12.9. The predicted molar refractivity (Wildman–Crippen MR) is 150 cm³/mol. The topological polar surface area (TPSA) is 48.0 Å². The van der Waals surface area contributed by atoms with Gasteiger partial charge >= 0.3 is 6.18 Å². The van der Waals surface area contributed by atoms with Crippen LogP contribution in [0.15, 0.2) is 30.6 Å². The molecule has 8 heterocycles. The zero-order valence-electron chi connectivity index (χ0n) is 23.6. The molecule has 6 atom stereocenters. The first-order valence-electron chi connectivity index (χ1n) is 14.2. The Bertz CT molecular complexity index is 1190. The lowest BCUT2D eigenvalue weighted by molar-refractivity contribution is -0.141. The van der Waals surface area contributed by atoms with Crippen molar-refractivity contribution >= 4 is 11.9 Å². The summed E-state index contributed by atoms with van der Waals surface area (Å²) in [6.45, 7) is 9.26. The molecule has 0 aliphatic carbocycles. The number of ether oxygens (including phenoxy) is 1. The van der Waals surface area contributed by atoms with Crippen LogP contribution in [0.3, 0.4) is 0 Å². The molecular formula is C29H39F3N6OS. The number of nitrogens with zero attached hydrogens (tertiary/aromatic N) is 6. The first-order chi connectivity index (χ1) is 19.1. The minimum Gasteiger partial charge on any atom is -0.481 e. The van der Waals surface area contributed by atoms with Crippen LogP contribution in [-0.4, -0.2) is 98.2 Å². The van der Waals surface area contributed by atoms with Crippen LogP contribution in [0.4, 0.5) is 13.2 Å². The van der Waals surface area contributed by atoms with Crippen molar-refractivity contribution in [2.45, 2.75) is 88.6 Å². The summed E-state index contributed by atoms with van der Waals surface area (Å²) in [5.41, 5.74) is 2.53. The fraction of sp³-hybridized carbons (Fsp3) is 0.655. The summed E-state index contributed by atoms with van der Waals surface area (Å²) in [6, 6.07) is 7.75. The number of pyridine rings is 2. The van der Waals surface area contributed by atoms with E-state index in [-0.39, 0.29) is 0 Å². The third kappa shape index (κ3) is 5.35. The molecule has 6 aliphatic heterocycles. The van der Waals surface area contributed by atoms with Crippen molar-refractivity contribution < 1.29 is 17.9 Å². The van der Waals surface area contributed by atoms with Crippen LogP contribution in [0, 0.1) is 6.92 Å². The van der Waals surface area contributed by atoms with Crippen LogP contribution in [0.1, 0.15) is 48.6 Å². The van der Waals surface area contributed by atoms with E-state index in [9.17, 15) is 13.2 Å². The van der Waals surface area contributed by atoms with Crippen LogP contribution in [-0.2, 0) is 19.3 Å². The summed E-state index contributed by atoms with van der Waals surface area (Å²) >= 11 is 1.88. The minimum absolute atomic E-state index is 0.460. The van der Waals surface area contributed by atoms with Crippen LogP contribution < -0.4 is 4.74 Å². The van der Waals surface area contributed by atoms with Crippen molar-refractivity contribution in [2.75, 3.05) is 33.0 Å². The van der Waals surface area contributed by atoms with Gasteiger partial charge in [-0.1, -0.05) is 18.0 Å². The molecule has 40 heavy (non-hydrogen) atoms. The van der Waals surface area contributed by atoms with E-state index in [2.05, 4.69) is 49.1 Å². The van der Waals surface area contributed by atoms with Gasteiger partial charge in [-0.2, -0.15) is 13.2 Å². The second kappa shape index (κ2) is 11.1. The summed E-state index contributed by atoms with van der Waals surface area (Å²) in [5, 5.41) is 0. The molecule has 0 spiro atoms. The van der Waals surface area contributed by atoms with Gasteiger partial charge in [0.2, 0.25) is 5.88 Å². The van der Waals surface area contributed by atoms with Crippen molar-refractivity contribution in [3.05, 3.63) is 53.0 Å².